The van der Waals surface area contributed by atoms with Crippen molar-refractivity contribution >= 4 is 16.9 Å². The second kappa shape index (κ2) is 6.89. The number of hydrogen-bond donors (Lipinski definition) is 1. The summed E-state index contributed by atoms with van der Waals surface area (Å²) in [5, 5.41) is 2.96. The van der Waals surface area contributed by atoms with Crippen LogP contribution in [-0.2, 0) is 0 Å². The summed E-state index contributed by atoms with van der Waals surface area (Å²) in [6.45, 7) is 5.96. The van der Waals surface area contributed by atoms with Gasteiger partial charge in [-0.3, -0.25) is 4.79 Å². The molecule has 1 aromatic heterocycles. The maximum atomic E-state index is 12.7. The van der Waals surface area contributed by atoms with Crippen LogP contribution in [0.5, 0.6) is 5.88 Å². The van der Waals surface area contributed by atoms with Crippen LogP contribution >= 0.6 is 0 Å². The molecule has 25 heavy (non-hydrogen) atoms. The molecule has 0 aliphatic rings. The molecule has 3 aromatic rings. The molecule has 0 unspecified atom stereocenters. The van der Waals surface area contributed by atoms with Gasteiger partial charge in [-0.2, -0.15) is 0 Å². The van der Waals surface area contributed by atoms with Gasteiger partial charge in [-0.05, 0) is 49.6 Å². The van der Waals surface area contributed by atoms with Gasteiger partial charge in [0.2, 0.25) is 5.88 Å². The number of carbonyl (C=O) groups is 1. The fourth-order valence-corrected chi connectivity index (χ4v) is 2.68. The summed E-state index contributed by atoms with van der Waals surface area (Å²) in [6.07, 6.45) is 0. The van der Waals surface area contributed by atoms with E-state index in [1.54, 1.807) is 0 Å². The summed E-state index contributed by atoms with van der Waals surface area (Å²) in [5.74, 6) is -0.0747. The lowest BCUT2D eigenvalue weighted by molar-refractivity contribution is 0.0931. The molecule has 0 spiro atoms. The van der Waals surface area contributed by atoms with Crippen LogP contribution in [-0.4, -0.2) is 23.0 Å². The maximum absolute atomic E-state index is 12.7. The zero-order valence-electron chi connectivity index (χ0n) is 14.8. The zero-order valence-corrected chi connectivity index (χ0v) is 14.8. The van der Waals surface area contributed by atoms with Crippen molar-refractivity contribution < 1.29 is 9.53 Å². The monoisotopic (exact) mass is 335 g/mol. The first-order chi connectivity index (χ1) is 12.0. The third-order valence-electron chi connectivity index (χ3n) is 4.30. The molecule has 0 saturated heterocycles. The number of nitrogens with zero attached hydrogens (tertiary/aromatic N) is 2. The first-order valence-electron chi connectivity index (χ1n) is 8.18. The van der Waals surface area contributed by atoms with E-state index in [0.717, 1.165) is 16.7 Å². The van der Waals surface area contributed by atoms with Crippen LogP contribution in [0.2, 0.25) is 0 Å². The number of benzene rings is 2. The number of amides is 1. The van der Waals surface area contributed by atoms with Gasteiger partial charge in [0.25, 0.3) is 5.91 Å². The first-order valence-corrected chi connectivity index (χ1v) is 8.18. The largest absolute Gasteiger partial charge is 0.479 e. The van der Waals surface area contributed by atoms with Gasteiger partial charge in [0.1, 0.15) is 0 Å². The number of methoxy groups -OCH3 is 1. The van der Waals surface area contributed by atoms with E-state index in [0.29, 0.717) is 11.0 Å². The van der Waals surface area contributed by atoms with Gasteiger partial charge >= 0.3 is 0 Å². The van der Waals surface area contributed by atoms with E-state index in [9.17, 15) is 4.79 Å². The predicted octanol–water partition coefficient (Wildman–Crippen LogP) is 3.75. The number of rotatable bonds is 4. The third kappa shape index (κ3) is 3.45. The van der Waals surface area contributed by atoms with Gasteiger partial charge in [-0.1, -0.05) is 30.3 Å². The lowest BCUT2D eigenvalue weighted by atomic mass is 10.1. The number of ether oxygens (including phenoxy) is 1. The molecule has 2 aromatic carbocycles. The number of aryl methyl sites for hydroxylation is 2. The highest BCUT2D eigenvalue weighted by atomic mass is 16.5. The van der Waals surface area contributed by atoms with Gasteiger partial charge in [-0.25, -0.2) is 9.97 Å². The summed E-state index contributed by atoms with van der Waals surface area (Å²) in [4.78, 5) is 21.7. The molecule has 1 amide bonds. The van der Waals surface area contributed by atoms with E-state index >= 15 is 0 Å². The smallest absolute Gasteiger partial charge is 0.276 e. The maximum Gasteiger partial charge on any atom is 0.276 e. The molecule has 0 radical (unpaired) electrons. The summed E-state index contributed by atoms with van der Waals surface area (Å²) in [7, 11) is 1.49. The van der Waals surface area contributed by atoms with Gasteiger partial charge in [0.05, 0.1) is 24.2 Å². The Hall–Kier alpha value is -2.95. The minimum Gasteiger partial charge on any atom is -0.479 e. The predicted molar refractivity (Wildman–Crippen MR) is 97.9 cm³/mol. The highest BCUT2D eigenvalue weighted by Gasteiger charge is 2.20. The SMILES string of the molecule is COc1nc2cc(C)c(C)cc2nc1C(=O)N[C@@H](C)c1ccccc1. The number of fused-ring (bicyclic) bond motifs is 1. The summed E-state index contributed by atoms with van der Waals surface area (Å²) in [5.41, 5.74) is 4.85. The van der Waals surface area contributed by atoms with Crippen LogP contribution in [0.1, 0.15) is 40.1 Å². The second-order valence-corrected chi connectivity index (χ2v) is 6.11. The lowest BCUT2D eigenvalue weighted by Crippen LogP contribution is -2.28. The lowest BCUT2D eigenvalue weighted by Gasteiger charge is -2.15. The number of hydrogen-bond acceptors (Lipinski definition) is 4. The Kier molecular flexibility index (Phi) is 4.65. The van der Waals surface area contributed by atoms with E-state index in [1.165, 1.54) is 7.11 Å². The molecule has 0 aliphatic heterocycles. The molecule has 128 valence electrons. The Bertz CT molecular complexity index is 923. The van der Waals surface area contributed by atoms with Crippen molar-refractivity contribution in [2.75, 3.05) is 7.11 Å². The quantitative estimate of drug-likeness (QED) is 0.789. The number of carbonyl (C=O) groups excluding carboxylic acids is 1. The highest BCUT2D eigenvalue weighted by Crippen LogP contribution is 2.22. The van der Waals surface area contributed by atoms with Crippen LogP contribution in [0, 0.1) is 13.8 Å². The zero-order chi connectivity index (χ0) is 18.0. The Balaban J connectivity index is 1.96. The van der Waals surface area contributed by atoms with E-state index < -0.39 is 0 Å². The highest BCUT2D eigenvalue weighted by molar-refractivity contribution is 5.96. The van der Waals surface area contributed by atoms with Crippen LogP contribution in [0.25, 0.3) is 11.0 Å². The van der Waals surface area contributed by atoms with Crippen molar-refractivity contribution in [1.82, 2.24) is 15.3 Å². The van der Waals surface area contributed by atoms with Crippen molar-refractivity contribution in [3.63, 3.8) is 0 Å². The molecule has 5 heteroatoms. The molecule has 1 atom stereocenters. The Morgan fingerprint density at radius 1 is 1.04 bits per heavy atom. The molecule has 0 fully saturated rings. The van der Waals surface area contributed by atoms with Gasteiger partial charge in [0.15, 0.2) is 5.69 Å². The molecule has 0 aliphatic carbocycles. The van der Waals surface area contributed by atoms with Gasteiger partial charge in [-0.15, -0.1) is 0 Å². The molecule has 3 rings (SSSR count). The van der Waals surface area contributed by atoms with E-state index in [2.05, 4.69) is 15.3 Å². The Morgan fingerprint density at radius 3 is 2.24 bits per heavy atom. The fraction of sp³-hybridized carbons (Fsp3) is 0.250. The number of nitrogens with one attached hydrogen (secondary N) is 1. The van der Waals surface area contributed by atoms with Gasteiger partial charge < -0.3 is 10.1 Å². The van der Waals surface area contributed by atoms with E-state index in [1.807, 2.05) is 63.2 Å². The topological polar surface area (TPSA) is 64.1 Å². The average Bonchev–Trinajstić information content (AvgIpc) is 2.62. The molecule has 0 saturated carbocycles. The number of aromatic nitrogens is 2. The first kappa shape index (κ1) is 16.9. The van der Waals surface area contributed by atoms with E-state index in [4.69, 9.17) is 4.74 Å². The van der Waals surface area contributed by atoms with Crippen LogP contribution in [0.3, 0.4) is 0 Å². The van der Waals surface area contributed by atoms with Crippen molar-refractivity contribution in [3.05, 3.63) is 64.8 Å². The average molecular weight is 335 g/mol. The second-order valence-electron chi connectivity index (χ2n) is 6.11. The Morgan fingerprint density at radius 2 is 1.64 bits per heavy atom. The van der Waals surface area contributed by atoms with Crippen molar-refractivity contribution in [2.45, 2.75) is 26.8 Å². The molecule has 1 N–H and O–H groups in total. The summed E-state index contributed by atoms with van der Waals surface area (Å²) >= 11 is 0. The standard InChI is InChI=1S/C20H21N3O2/c1-12-10-16-17(11-13(12)2)23-20(25-4)18(22-16)19(24)21-14(3)15-8-6-5-7-9-15/h5-11,14H,1-4H3,(H,21,24)/t14-/m0/s1. The summed E-state index contributed by atoms with van der Waals surface area (Å²) < 4.78 is 5.30. The van der Waals surface area contributed by atoms with Crippen molar-refractivity contribution in [2.24, 2.45) is 0 Å². The molecular formula is C20H21N3O2. The van der Waals surface area contributed by atoms with E-state index in [-0.39, 0.29) is 23.5 Å². The minimum absolute atomic E-state index is 0.143. The van der Waals surface area contributed by atoms with Crippen LogP contribution in [0.15, 0.2) is 42.5 Å². The van der Waals surface area contributed by atoms with Gasteiger partial charge in [0, 0.05) is 0 Å². The normalized spacial score (nSPS) is 12.0. The van der Waals surface area contributed by atoms with Crippen molar-refractivity contribution in [1.29, 1.82) is 0 Å². The molecule has 1 heterocycles. The molecular weight excluding hydrogens is 314 g/mol. The van der Waals surface area contributed by atoms with Crippen LogP contribution in [0.4, 0.5) is 0 Å². The molecule has 0 bridgehead atoms. The third-order valence-corrected chi connectivity index (χ3v) is 4.30. The van der Waals surface area contributed by atoms with Crippen molar-refractivity contribution in [3.8, 4) is 5.88 Å². The van der Waals surface area contributed by atoms with Crippen LogP contribution < -0.4 is 10.1 Å². The molecule has 5 nitrogen and oxygen atoms in total. The fourth-order valence-electron chi connectivity index (χ4n) is 2.68. The summed E-state index contributed by atoms with van der Waals surface area (Å²) in [6, 6.07) is 13.5. The Labute approximate surface area is 147 Å². The minimum atomic E-state index is -0.305.